The molecule has 3 atom stereocenters. The van der Waals surface area contributed by atoms with E-state index in [0.717, 1.165) is 31.6 Å². The van der Waals surface area contributed by atoms with Crippen LogP contribution in [0.4, 0.5) is 0 Å². The number of aryl methyl sites for hydroxylation is 1. The molecule has 118 valence electrons. The Hall–Kier alpha value is -0.870. The average molecular weight is 309 g/mol. The van der Waals surface area contributed by atoms with Gasteiger partial charge in [0.05, 0.1) is 12.4 Å². The average Bonchev–Trinajstić information content (AvgIpc) is 2.50. The van der Waals surface area contributed by atoms with Crippen LogP contribution in [0.2, 0.25) is 0 Å². The fourth-order valence-electron chi connectivity index (χ4n) is 3.03. The monoisotopic (exact) mass is 309 g/mol. The van der Waals surface area contributed by atoms with Gasteiger partial charge in [-0.15, -0.1) is 0 Å². The maximum atomic E-state index is 12.7. The lowest BCUT2D eigenvalue weighted by Gasteiger charge is -2.35. The van der Waals surface area contributed by atoms with Crippen LogP contribution >= 0.6 is 0 Å². The maximum Gasteiger partial charge on any atom is 0.119 e. The predicted octanol–water partition coefficient (Wildman–Crippen LogP) is 3.21. The minimum atomic E-state index is -0.800. The molecule has 21 heavy (non-hydrogen) atoms. The summed E-state index contributed by atoms with van der Waals surface area (Å²) in [5.74, 6) is 0.909. The van der Waals surface area contributed by atoms with E-state index in [1.54, 1.807) is 7.11 Å². The Kier molecular flexibility index (Phi) is 5.82. The van der Waals surface area contributed by atoms with Crippen LogP contribution in [-0.2, 0) is 17.2 Å². The molecular weight excluding hydrogens is 282 g/mol. The van der Waals surface area contributed by atoms with Gasteiger partial charge in [0, 0.05) is 22.1 Å². The molecule has 0 saturated heterocycles. The largest absolute Gasteiger partial charge is 0.497 e. The van der Waals surface area contributed by atoms with Gasteiger partial charge in [0.25, 0.3) is 0 Å². The first-order valence-corrected chi connectivity index (χ1v) is 9.15. The Balaban J connectivity index is 2.32. The van der Waals surface area contributed by atoms with Gasteiger partial charge in [-0.3, -0.25) is 4.21 Å². The number of hydrogen-bond donors (Lipinski definition) is 1. The van der Waals surface area contributed by atoms with Gasteiger partial charge in [-0.05, 0) is 49.1 Å². The summed E-state index contributed by atoms with van der Waals surface area (Å²) >= 11 is 0. The smallest absolute Gasteiger partial charge is 0.119 e. The summed E-state index contributed by atoms with van der Waals surface area (Å²) < 4.78 is 18.0. The molecule has 0 bridgehead atoms. The molecule has 3 unspecified atom stereocenters. The summed E-state index contributed by atoms with van der Waals surface area (Å²) in [5, 5.41) is 4.03. The van der Waals surface area contributed by atoms with Crippen molar-refractivity contribution in [2.45, 2.75) is 56.6 Å². The molecule has 1 aliphatic rings. The van der Waals surface area contributed by atoms with E-state index in [4.69, 9.17) is 4.74 Å². The van der Waals surface area contributed by atoms with Gasteiger partial charge in [0.1, 0.15) is 5.75 Å². The van der Waals surface area contributed by atoms with Crippen molar-refractivity contribution in [2.75, 3.05) is 13.7 Å². The topological polar surface area (TPSA) is 38.3 Å². The molecule has 4 heteroatoms. The van der Waals surface area contributed by atoms with Gasteiger partial charge in [-0.2, -0.15) is 0 Å². The summed E-state index contributed by atoms with van der Waals surface area (Å²) in [7, 11) is 0.902. The van der Waals surface area contributed by atoms with E-state index in [-0.39, 0.29) is 16.5 Å². The molecule has 1 aliphatic carbocycles. The summed E-state index contributed by atoms with van der Waals surface area (Å²) in [4.78, 5) is 0. The third-order valence-electron chi connectivity index (χ3n) is 4.13. The number of fused-ring (bicyclic) bond motifs is 1. The molecule has 0 amide bonds. The van der Waals surface area contributed by atoms with Gasteiger partial charge in [0.15, 0.2) is 0 Å². The van der Waals surface area contributed by atoms with Crippen molar-refractivity contribution in [1.82, 2.24) is 5.32 Å². The maximum absolute atomic E-state index is 12.7. The summed E-state index contributed by atoms with van der Waals surface area (Å²) in [6.07, 6.45) is 3.05. The van der Waals surface area contributed by atoms with Crippen LogP contribution in [0.1, 0.15) is 50.8 Å². The highest BCUT2D eigenvalue weighted by Gasteiger charge is 2.34. The van der Waals surface area contributed by atoms with Crippen LogP contribution in [0.15, 0.2) is 18.2 Å². The Morgan fingerprint density at radius 3 is 2.81 bits per heavy atom. The number of hydrogen-bond acceptors (Lipinski definition) is 3. The zero-order valence-electron chi connectivity index (χ0n) is 13.5. The molecule has 0 fully saturated rings. The first-order chi connectivity index (χ1) is 10.1. The summed E-state index contributed by atoms with van der Waals surface area (Å²) in [6.45, 7) is 7.23. The van der Waals surface area contributed by atoms with E-state index in [1.807, 2.05) is 6.07 Å². The number of nitrogens with one attached hydrogen (secondary N) is 1. The second kappa shape index (κ2) is 7.41. The van der Waals surface area contributed by atoms with E-state index < -0.39 is 10.8 Å². The van der Waals surface area contributed by atoms with Crippen molar-refractivity contribution >= 4 is 10.8 Å². The second-order valence-corrected chi connectivity index (χ2v) is 8.16. The quantitative estimate of drug-likeness (QED) is 0.877. The van der Waals surface area contributed by atoms with E-state index in [1.165, 1.54) is 11.1 Å². The van der Waals surface area contributed by atoms with Crippen LogP contribution in [0.25, 0.3) is 0 Å². The van der Waals surface area contributed by atoms with Crippen molar-refractivity contribution in [3.63, 3.8) is 0 Å². The highest BCUT2D eigenvalue weighted by molar-refractivity contribution is 7.86. The van der Waals surface area contributed by atoms with Gasteiger partial charge in [-0.1, -0.05) is 26.8 Å². The highest BCUT2D eigenvalue weighted by atomic mass is 32.2. The molecule has 1 aromatic rings. The number of rotatable bonds is 6. The van der Waals surface area contributed by atoms with E-state index >= 15 is 0 Å². The lowest BCUT2D eigenvalue weighted by Crippen LogP contribution is -2.40. The van der Waals surface area contributed by atoms with Crippen molar-refractivity contribution in [1.29, 1.82) is 0 Å². The van der Waals surface area contributed by atoms with Gasteiger partial charge < -0.3 is 10.1 Å². The van der Waals surface area contributed by atoms with E-state index in [2.05, 4.69) is 38.2 Å². The normalized spacial score (nSPS) is 22.9. The fraction of sp³-hybridized carbons (Fsp3) is 0.647. The Labute approximate surface area is 130 Å². The van der Waals surface area contributed by atoms with Crippen LogP contribution in [0.3, 0.4) is 0 Å². The predicted molar refractivity (Wildman–Crippen MR) is 89.4 cm³/mol. The van der Waals surface area contributed by atoms with Crippen LogP contribution in [0, 0.1) is 0 Å². The third kappa shape index (κ3) is 3.67. The fourth-order valence-corrected chi connectivity index (χ4v) is 4.60. The van der Waals surface area contributed by atoms with Crippen LogP contribution in [0.5, 0.6) is 5.75 Å². The third-order valence-corrected chi connectivity index (χ3v) is 6.17. The Bertz CT molecular complexity index is 502. The molecule has 0 heterocycles. The molecule has 1 N–H and O–H groups in total. The lowest BCUT2D eigenvalue weighted by atomic mass is 9.87. The minimum Gasteiger partial charge on any atom is -0.497 e. The van der Waals surface area contributed by atoms with Gasteiger partial charge in [-0.25, -0.2) is 0 Å². The van der Waals surface area contributed by atoms with E-state index in [0.29, 0.717) is 0 Å². The molecule has 2 rings (SSSR count). The molecule has 1 aromatic carbocycles. The minimum absolute atomic E-state index is 0.197. The molecule has 0 aliphatic heterocycles. The second-order valence-electron chi connectivity index (χ2n) is 5.95. The molecular formula is C17H27NO2S. The molecule has 0 spiro atoms. The SMILES string of the molecule is CCCNC1c2ccc(OC)cc2CCC1S(=O)C(C)C. The first-order valence-electron chi connectivity index (χ1n) is 7.88. The number of methoxy groups -OCH3 is 1. The zero-order chi connectivity index (χ0) is 15.4. The standard InChI is InChI=1S/C17H27NO2S/c1-5-10-18-17-15-8-7-14(20-4)11-13(15)6-9-16(17)21(19)12(2)3/h7-8,11-12,16-18H,5-6,9-10H2,1-4H3. The molecule has 0 aromatic heterocycles. The van der Waals surface area contributed by atoms with Crippen molar-refractivity contribution in [3.8, 4) is 5.75 Å². The van der Waals surface area contributed by atoms with Crippen LogP contribution in [-0.4, -0.2) is 28.4 Å². The van der Waals surface area contributed by atoms with Crippen molar-refractivity contribution in [2.24, 2.45) is 0 Å². The van der Waals surface area contributed by atoms with E-state index in [9.17, 15) is 4.21 Å². The molecule has 3 nitrogen and oxygen atoms in total. The summed E-state index contributed by atoms with van der Waals surface area (Å²) in [5.41, 5.74) is 2.63. The first kappa shape index (κ1) is 16.5. The molecule has 0 radical (unpaired) electrons. The van der Waals surface area contributed by atoms with Crippen LogP contribution < -0.4 is 10.1 Å². The number of benzene rings is 1. The van der Waals surface area contributed by atoms with Crippen molar-refractivity contribution < 1.29 is 8.95 Å². The van der Waals surface area contributed by atoms with Gasteiger partial charge in [0.2, 0.25) is 0 Å². The highest BCUT2D eigenvalue weighted by Crippen LogP contribution is 2.35. The number of ether oxygens (including phenoxy) is 1. The lowest BCUT2D eigenvalue weighted by molar-refractivity contribution is 0.411. The van der Waals surface area contributed by atoms with Crippen molar-refractivity contribution in [3.05, 3.63) is 29.3 Å². The van der Waals surface area contributed by atoms with Gasteiger partial charge >= 0.3 is 0 Å². The summed E-state index contributed by atoms with van der Waals surface area (Å²) in [6, 6.07) is 6.48. The molecule has 0 saturated carbocycles. The Morgan fingerprint density at radius 2 is 2.19 bits per heavy atom. The Morgan fingerprint density at radius 1 is 1.43 bits per heavy atom. The zero-order valence-corrected chi connectivity index (χ0v) is 14.3.